The van der Waals surface area contributed by atoms with Gasteiger partial charge in [-0.15, -0.1) is 0 Å². The lowest BCUT2D eigenvalue weighted by Crippen LogP contribution is -2.60. The minimum Gasteiger partial charge on any atom is -0.346 e. The van der Waals surface area contributed by atoms with E-state index in [2.05, 4.69) is 11.4 Å². The lowest BCUT2D eigenvalue weighted by molar-refractivity contribution is -0.135. The summed E-state index contributed by atoms with van der Waals surface area (Å²) in [5, 5.41) is 3.00. The van der Waals surface area contributed by atoms with Crippen molar-refractivity contribution >= 4 is 11.8 Å². The minimum atomic E-state index is 0.0695. The van der Waals surface area contributed by atoms with Crippen LogP contribution in [0.1, 0.15) is 39.0 Å². The molecule has 2 rings (SSSR count). The second-order valence-corrected chi connectivity index (χ2v) is 4.92. The molecule has 4 nitrogen and oxygen atoms in total. The molecule has 0 aromatic heterocycles. The summed E-state index contributed by atoms with van der Waals surface area (Å²) >= 11 is 0. The van der Waals surface area contributed by atoms with Gasteiger partial charge in [-0.1, -0.05) is 12.5 Å². The van der Waals surface area contributed by atoms with Gasteiger partial charge in [0, 0.05) is 25.6 Å². The Morgan fingerprint density at radius 2 is 2.06 bits per heavy atom. The zero-order valence-corrected chi connectivity index (χ0v) is 10.4. The topological polar surface area (TPSA) is 49.4 Å². The summed E-state index contributed by atoms with van der Waals surface area (Å²) in [7, 11) is 0. The van der Waals surface area contributed by atoms with E-state index in [1.165, 1.54) is 12.8 Å². The van der Waals surface area contributed by atoms with Gasteiger partial charge in [0.1, 0.15) is 0 Å². The van der Waals surface area contributed by atoms with E-state index in [0.717, 1.165) is 24.8 Å². The van der Waals surface area contributed by atoms with Crippen molar-refractivity contribution in [2.45, 2.75) is 45.1 Å². The molecule has 0 saturated carbocycles. The van der Waals surface area contributed by atoms with E-state index in [1.807, 2.05) is 0 Å². The smallest absolute Gasteiger partial charge is 0.247 e. The average Bonchev–Trinajstić information content (AvgIpc) is 2.50. The van der Waals surface area contributed by atoms with Gasteiger partial charge in [0.05, 0.1) is 6.04 Å². The van der Waals surface area contributed by atoms with Gasteiger partial charge in [0.15, 0.2) is 0 Å². The molecule has 1 saturated heterocycles. The Bertz CT molecular complexity index is 343. The number of likely N-dealkylation sites (tertiary alicyclic amines) is 1. The Morgan fingerprint density at radius 3 is 2.76 bits per heavy atom. The van der Waals surface area contributed by atoms with Crippen molar-refractivity contribution in [3.63, 3.8) is 0 Å². The molecular formula is C13H20N2O2. The van der Waals surface area contributed by atoms with E-state index in [4.69, 9.17) is 0 Å². The lowest BCUT2D eigenvalue weighted by atomic mass is 10.1. The maximum Gasteiger partial charge on any atom is 0.247 e. The Hall–Kier alpha value is -1.32. The number of amides is 2. The summed E-state index contributed by atoms with van der Waals surface area (Å²) in [6, 6.07) is 0.149. The van der Waals surface area contributed by atoms with Gasteiger partial charge in [-0.2, -0.15) is 0 Å². The second-order valence-electron chi connectivity index (χ2n) is 4.92. The van der Waals surface area contributed by atoms with Gasteiger partial charge < -0.3 is 10.2 Å². The van der Waals surface area contributed by atoms with Crippen molar-refractivity contribution in [3.05, 3.63) is 11.6 Å². The number of carbonyl (C=O) groups excluding carboxylic acids is 2. The summed E-state index contributed by atoms with van der Waals surface area (Å²) in [5.74, 6) is 0.157. The Balaban J connectivity index is 1.78. The first kappa shape index (κ1) is 12.1. The third-order valence-corrected chi connectivity index (χ3v) is 3.49. The first-order chi connectivity index (χ1) is 8.16. The molecule has 4 heteroatoms. The number of rotatable bonds is 2. The van der Waals surface area contributed by atoms with E-state index in [-0.39, 0.29) is 17.9 Å². The van der Waals surface area contributed by atoms with Crippen molar-refractivity contribution in [3.8, 4) is 0 Å². The SMILES string of the molecule is CC(=O)N1CC(NC(=O)C2=CCCCCC2)C1. The molecule has 0 aromatic rings. The normalized spacial score (nSPS) is 21.2. The molecule has 17 heavy (non-hydrogen) atoms. The zero-order chi connectivity index (χ0) is 12.3. The number of hydrogen-bond acceptors (Lipinski definition) is 2. The van der Waals surface area contributed by atoms with Crippen LogP contribution in [-0.4, -0.2) is 35.8 Å². The van der Waals surface area contributed by atoms with Gasteiger partial charge in [-0.3, -0.25) is 9.59 Å². The number of allylic oxidation sites excluding steroid dienone is 1. The van der Waals surface area contributed by atoms with Crippen molar-refractivity contribution < 1.29 is 9.59 Å². The molecule has 1 aliphatic carbocycles. The molecule has 0 spiro atoms. The Morgan fingerprint density at radius 1 is 1.29 bits per heavy atom. The third kappa shape index (κ3) is 3.08. The summed E-state index contributed by atoms with van der Waals surface area (Å²) in [4.78, 5) is 24.7. The van der Waals surface area contributed by atoms with Crippen molar-refractivity contribution in [2.24, 2.45) is 0 Å². The fraction of sp³-hybridized carbons (Fsp3) is 0.692. The first-order valence-electron chi connectivity index (χ1n) is 6.42. The van der Waals surface area contributed by atoms with E-state index < -0.39 is 0 Å². The third-order valence-electron chi connectivity index (χ3n) is 3.49. The lowest BCUT2D eigenvalue weighted by Gasteiger charge is -2.39. The maximum atomic E-state index is 11.9. The maximum absolute atomic E-state index is 11.9. The monoisotopic (exact) mass is 236 g/mol. The van der Waals surface area contributed by atoms with Crippen LogP contribution in [0.4, 0.5) is 0 Å². The quantitative estimate of drug-likeness (QED) is 0.784. The molecule has 1 N–H and O–H groups in total. The highest BCUT2D eigenvalue weighted by Crippen LogP contribution is 2.18. The summed E-state index contributed by atoms with van der Waals surface area (Å²) < 4.78 is 0. The molecule has 2 amide bonds. The van der Waals surface area contributed by atoms with E-state index in [0.29, 0.717) is 13.1 Å². The van der Waals surface area contributed by atoms with Gasteiger partial charge in [0.2, 0.25) is 11.8 Å². The summed E-state index contributed by atoms with van der Waals surface area (Å²) in [5.41, 5.74) is 0.934. The van der Waals surface area contributed by atoms with Gasteiger partial charge >= 0.3 is 0 Å². The number of hydrogen-bond donors (Lipinski definition) is 1. The highest BCUT2D eigenvalue weighted by molar-refractivity contribution is 5.93. The number of nitrogens with zero attached hydrogens (tertiary/aromatic N) is 1. The van der Waals surface area contributed by atoms with Crippen LogP contribution >= 0.6 is 0 Å². The fourth-order valence-corrected chi connectivity index (χ4v) is 2.33. The summed E-state index contributed by atoms with van der Waals surface area (Å²) in [6.45, 7) is 2.88. The minimum absolute atomic E-state index is 0.0695. The molecule has 1 aliphatic heterocycles. The number of nitrogens with one attached hydrogen (secondary N) is 1. The van der Waals surface area contributed by atoms with E-state index >= 15 is 0 Å². The first-order valence-corrected chi connectivity index (χ1v) is 6.42. The zero-order valence-electron chi connectivity index (χ0n) is 10.4. The molecule has 0 bridgehead atoms. The van der Waals surface area contributed by atoms with Crippen LogP contribution in [-0.2, 0) is 9.59 Å². The van der Waals surface area contributed by atoms with Crippen LogP contribution in [0.3, 0.4) is 0 Å². The average molecular weight is 236 g/mol. The Labute approximate surface area is 102 Å². The van der Waals surface area contributed by atoms with Crippen molar-refractivity contribution in [2.75, 3.05) is 13.1 Å². The highest BCUT2D eigenvalue weighted by atomic mass is 16.2. The van der Waals surface area contributed by atoms with E-state index in [1.54, 1.807) is 11.8 Å². The molecule has 94 valence electrons. The van der Waals surface area contributed by atoms with Gasteiger partial charge in [-0.25, -0.2) is 0 Å². The van der Waals surface area contributed by atoms with Crippen LogP contribution in [0.15, 0.2) is 11.6 Å². The van der Waals surface area contributed by atoms with Crippen LogP contribution < -0.4 is 5.32 Å². The molecule has 0 atom stereocenters. The Kier molecular flexibility index (Phi) is 3.82. The molecule has 0 radical (unpaired) electrons. The molecule has 1 fully saturated rings. The largest absolute Gasteiger partial charge is 0.346 e. The van der Waals surface area contributed by atoms with Crippen LogP contribution in [0, 0.1) is 0 Å². The van der Waals surface area contributed by atoms with Crippen molar-refractivity contribution in [1.82, 2.24) is 10.2 Å². The molecule has 1 heterocycles. The van der Waals surface area contributed by atoms with Crippen LogP contribution in [0.25, 0.3) is 0 Å². The van der Waals surface area contributed by atoms with E-state index in [9.17, 15) is 9.59 Å². The van der Waals surface area contributed by atoms with Gasteiger partial charge in [-0.05, 0) is 25.7 Å². The molecular weight excluding hydrogens is 216 g/mol. The van der Waals surface area contributed by atoms with Crippen LogP contribution in [0.5, 0.6) is 0 Å². The fourth-order valence-electron chi connectivity index (χ4n) is 2.33. The number of carbonyl (C=O) groups is 2. The van der Waals surface area contributed by atoms with Crippen LogP contribution in [0.2, 0.25) is 0 Å². The highest BCUT2D eigenvalue weighted by Gasteiger charge is 2.30. The molecule has 0 unspecified atom stereocenters. The second kappa shape index (κ2) is 5.34. The standard InChI is InChI=1S/C13H20N2O2/c1-10(16)15-8-12(9-15)14-13(17)11-6-4-2-3-5-7-11/h6,12H,2-5,7-9H2,1H3,(H,14,17). The molecule has 2 aliphatic rings. The van der Waals surface area contributed by atoms with Crippen molar-refractivity contribution in [1.29, 1.82) is 0 Å². The predicted molar refractivity (Wildman–Crippen MR) is 65.4 cm³/mol. The van der Waals surface area contributed by atoms with Gasteiger partial charge in [0.25, 0.3) is 0 Å². The molecule has 0 aromatic carbocycles. The summed E-state index contributed by atoms with van der Waals surface area (Å²) in [6.07, 6.45) is 7.52. The predicted octanol–water partition coefficient (Wildman–Crippen LogP) is 1.22.